The topological polar surface area (TPSA) is 66.9 Å². The molecule has 1 aromatic carbocycles. The lowest BCUT2D eigenvalue weighted by Crippen LogP contribution is -2.34. The fourth-order valence-electron chi connectivity index (χ4n) is 3.26. The van der Waals surface area contributed by atoms with Gasteiger partial charge in [-0.05, 0) is 38.4 Å². The van der Waals surface area contributed by atoms with Crippen molar-refractivity contribution in [1.82, 2.24) is 25.1 Å². The van der Waals surface area contributed by atoms with Gasteiger partial charge in [0.2, 0.25) is 0 Å². The molecule has 2 aromatic heterocycles. The van der Waals surface area contributed by atoms with E-state index in [2.05, 4.69) is 32.2 Å². The lowest BCUT2D eigenvalue weighted by molar-refractivity contribution is 0.196. The molecule has 1 unspecified atom stereocenters. The summed E-state index contributed by atoms with van der Waals surface area (Å²) in [5.41, 5.74) is 2.17. The van der Waals surface area contributed by atoms with Gasteiger partial charge < -0.3 is 9.72 Å². The number of H-pyrrole nitrogens is 1. The van der Waals surface area contributed by atoms with Crippen LogP contribution in [-0.4, -0.2) is 44.8 Å². The zero-order chi connectivity index (χ0) is 16.4. The van der Waals surface area contributed by atoms with Gasteiger partial charge in [0, 0.05) is 12.5 Å². The summed E-state index contributed by atoms with van der Waals surface area (Å²) in [6.07, 6.45) is 2.36. The van der Waals surface area contributed by atoms with Crippen LogP contribution in [0.15, 0.2) is 24.3 Å². The number of piperidine rings is 1. The summed E-state index contributed by atoms with van der Waals surface area (Å²) in [6.45, 7) is 5.53. The van der Waals surface area contributed by atoms with Crippen LogP contribution >= 0.6 is 11.3 Å². The van der Waals surface area contributed by atoms with Crippen LogP contribution in [0, 0.1) is 0 Å². The molecule has 0 spiro atoms. The third-order valence-corrected chi connectivity index (χ3v) is 5.20. The number of imidazole rings is 1. The molecule has 7 heteroatoms. The molecule has 6 nitrogen and oxygen atoms in total. The molecule has 4 rings (SSSR count). The minimum atomic E-state index is 0.449. The van der Waals surface area contributed by atoms with Crippen molar-refractivity contribution in [3.05, 3.63) is 35.1 Å². The average molecular weight is 343 g/mol. The quantitative estimate of drug-likeness (QED) is 0.770. The summed E-state index contributed by atoms with van der Waals surface area (Å²) < 4.78 is 5.41. The van der Waals surface area contributed by atoms with E-state index >= 15 is 0 Å². The summed E-state index contributed by atoms with van der Waals surface area (Å²) in [5, 5.41) is 10.0. The van der Waals surface area contributed by atoms with E-state index in [1.54, 1.807) is 11.3 Å². The Morgan fingerprint density at radius 3 is 3.12 bits per heavy atom. The number of benzene rings is 1. The minimum Gasteiger partial charge on any atom is -0.469 e. The van der Waals surface area contributed by atoms with Crippen molar-refractivity contribution in [3.8, 4) is 5.19 Å². The van der Waals surface area contributed by atoms with Gasteiger partial charge in [-0.2, -0.15) is 0 Å². The van der Waals surface area contributed by atoms with Crippen LogP contribution < -0.4 is 4.74 Å². The molecule has 1 aliphatic rings. The molecule has 1 fully saturated rings. The molecular formula is C17H21N5OS. The lowest BCUT2D eigenvalue weighted by atomic mass is 9.97. The van der Waals surface area contributed by atoms with Crippen molar-refractivity contribution in [1.29, 1.82) is 0 Å². The van der Waals surface area contributed by atoms with E-state index in [1.807, 2.05) is 19.1 Å². The van der Waals surface area contributed by atoms with Crippen molar-refractivity contribution in [2.75, 3.05) is 19.7 Å². The first-order valence-electron chi connectivity index (χ1n) is 8.44. The largest absolute Gasteiger partial charge is 0.469 e. The van der Waals surface area contributed by atoms with E-state index in [1.165, 1.54) is 12.8 Å². The van der Waals surface area contributed by atoms with Crippen LogP contribution in [-0.2, 0) is 6.54 Å². The Labute approximate surface area is 144 Å². The van der Waals surface area contributed by atoms with E-state index in [9.17, 15) is 0 Å². The molecule has 0 saturated carbocycles. The highest BCUT2D eigenvalue weighted by atomic mass is 32.1. The van der Waals surface area contributed by atoms with Gasteiger partial charge in [-0.25, -0.2) is 4.98 Å². The molecule has 1 N–H and O–H groups in total. The van der Waals surface area contributed by atoms with Crippen molar-refractivity contribution < 1.29 is 4.74 Å². The third-order valence-electron chi connectivity index (χ3n) is 4.37. The monoisotopic (exact) mass is 343 g/mol. The van der Waals surface area contributed by atoms with Crippen molar-refractivity contribution in [2.45, 2.75) is 32.2 Å². The lowest BCUT2D eigenvalue weighted by Gasteiger charge is -2.30. The molecule has 1 saturated heterocycles. The number of para-hydroxylation sites is 2. The van der Waals surface area contributed by atoms with Gasteiger partial charge in [-0.15, -0.1) is 10.2 Å². The number of aromatic nitrogens is 4. The minimum absolute atomic E-state index is 0.449. The molecule has 1 aliphatic heterocycles. The molecule has 1 atom stereocenters. The van der Waals surface area contributed by atoms with Crippen LogP contribution in [0.4, 0.5) is 0 Å². The molecular weight excluding hydrogens is 322 g/mol. The van der Waals surface area contributed by atoms with Crippen LogP contribution in [0.3, 0.4) is 0 Å². The van der Waals surface area contributed by atoms with Crippen LogP contribution in [0.5, 0.6) is 5.19 Å². The maximum Gasteiger partial charge on any atom is 0.294 e. The van der Waals surface area contributed by atoms with Gasteiger partial charge in [0.15, 0.2) is 0 Å². The van der Waals surface area contributed by atoms with Crippen LogP contribution in [0.25, 0.3) is 11.0 Å². The molecule has 3 heterocycles. The molecule has 0 radical (unpaired) electrons. The van der Waals surface area contributed by atoms with Crippen molar-refractivity contribution in [3.63, 3.8) is 0 Å². The first kappa shape index (κ1) is 15.5. The Morgan fingerprint density at radius 1 is 1.33 bits per heavy atom. The van der Waals surface area contributed by atoms with E-state index in [0.29, 0.717) is 17.7 Å². The average Bonchev–Trinajstić information content (AvgIpc) is 3.22. The second-order valence-corrected chi connectivity index (χ2v) is 7.13. The second-order valence-electron chi connectivity index (χ2n) is 6.11. The number of hydrogen-bond acceptors (Lipinski definition) is 6. The highest BCUT2D eigenvalue weighted by Gasteiger charge is 2.24. The normalized spacial score (nSPS) is 19.0. The number of likely N-dealkylation sites (tertiary alicyclic amines) is 1. The number of rotatable bonds is 5. The van der Waals surface area contributed by atoms with Gasteiger partial charge in [0.25, 0.3) is 5.19 Å². The number of fused-ring (bicyclic) bond motifs is 1. The standard InChI is InChI=1S/C17H21N5OS/c1-2-23-17-21-20-15(24-17)11-22-9-5-6-12(10-22)16-18-13-7-3-4-8-14(13)19-16/h3-4,7-8,12H,2,5-6,9-11H2,1H3,(H,18,19). The second kappa shape index (κ2) is 6.86. The smallest absolute Gasteiger partial charge is 0.294 e. The fourth-order valence-corrected chi connectivity index (χ4v) is 4.05. The van der Waals surface area contributed by atoms with Crippen LogP contribution in [0.2, 0.25) is 0 Å². The third kappa shape index (κ3) is 3.27. The van der Waals surface area contributed by atoms with E-state index in [0.717, 1.165) is 41.5 Å². The van der Waals surface area contributed by atoms with E-state index < -0.39 is 0 Å². The number of aromatic amines is 1. The van der Waals surface area contributed by atoms with E-state index in [4.69, 9.17) is 9.72 Å². The Balaban J connectivity index is 1.44. The predicted octanol–water partition coefficient (Wildman–Crippen LogP) is 3.19. The Hall–Kier alpha value is -1.99. The Kier molecular flexibility index (Phi) is 4.44. The van der Waals surface area contributed by atoms with Gasteiger partial charge >= 0.3 is 0 Å². The molecule has 0 aliphatic carbocycles. The molecule has 126 valence electrons. The van der Waals surface area contributed by atoms with Crippen molar-refractivity contribution >= 4 is 22.4 Å². The highest BCUT2D eigenvalue weighted by molar-refractivity contribution is 7.13. The van der Waals surface area contributed by atoms with Gasteiger partial charge in [-0.3, -0.25) is 4.90 Å². The fraction of sp³-hybridized carbons (Fsp3) is 0.471. The summed E-state index contributed by atoms with van der Waals surface area (Å²) in [4.78, 5) is 10.7. The molecule has 24 heavy (non-hydrogen) atoms. The predicted molar refractivity (Wildman–Crippen MR) is 94.4 cm³/mol. The Morgan fingerprint density at radius 2 is 2.25 bits per heavy atom. The molecule has 3 aromatic rings. The summed E-state index contributed by atoms with van der Waals surface area (Å²) in [5.74, 6) is 1.55. The maximum atomic E-state index is 5.41. The molecule has 0 bridgehead atoms. The number of hydrogen-bond donors (Lipinski definition) is 1. The van der Waals surface area contributed by atoms with Gasteiger partial charge in [-0.1, -0.05) is 23.5 Å². The van der Waals surface area contributed by atoms with Gasteiger partial charge in [0.1, 0.15) is 10.8 Å². The van der Waals surface area contributed by atoms with Crippen LogP contribution in [0.1, 0.15) is 36.5 Å². The van der Waals surface area contributed by atoms with Gasteiger partial charge in [0.05, 0.1) is 24.2 Å². The first-order chi connectivity index (χ1) is 11.8. The number of ether oxygens (including phenoxy) is 1. The van der Waals surface area contributed by atoms with E-state index in [-0.39, 0.29) is 0 Å². The SMILES string of the molecule is CCOc1nnc(CN2CCCC(c3nc4ccccc4[nH]3)C2)s1. The zero-order valence-electron chi connectivity index (χ0n) is 13.7. The summed E-state index contributed by atoms with van der Waals surface area (Å²) >= 11 is 1.54. The highest BCUT2D eigenvalue weighted by Crippen LogP contribution is 2.28. The number of nitrogens with one attached hydrogen (secondary N) is 1. The number of nitrogens with zero attached hydrogens (tertiary/aromatic N) is 4. The zero-order valence-corrected chi connectivity index (χ0v) is 14.6. The maximum absolute atomic E-state index is 5.41. The summed E-state index contributed by atoms with van der Waals surface area (Å²) in [6, 6.07) is 8.23. The first-order valence-corrected chi connectivity index (χ1v) is 9.25. The van der Waals surface area contributed by atoms with Crippen molar-refractivity contribution in [2.24, 2.45) is 0 Å². The Bertz CT molecular complexity index is 781. The molecule has 0 amide bonds. The summed E-state index contributed by atoms with van der Waals surface area (Å²) in [7, 11) is 0.